The zero-order valence-corrected chi connectivity index (χ0v) is 14.8. The summed E-state index contributed by atoms with van der Waals surface area (Å²) >= 11 is 0. The van der Waals surface area contributed by atoms with Crippen LogP contribution < -0.4 is 10.6 Å². The standard InChI is InChI=1S/C21H24N4/c1-25(2)17-9-7-16(8-10-17)21-18(5-3-4-12-22)19-13-15(14-23)6-11-20(19)24-21/h6-11,13,24H,3-5,12,22H2,1-2H3. The van der Waals surface area contributed by atoms with Gasteiger partial charge in [-0.3, -0.25) is 0 Å². The Bertz CT molecular complexity index is 898. The third-order valence-electron chi connectivity index (χ3n) is 4.59. The van der Waals surface area contributed by atoms with Crippen LogP contribution in [0.1, 0.15) is 24.0 Å². The number of aryl methyl sites for hydroxylation is 1. The van der Waals surface area contributed by atoms with Crippen LogP contribution >= 0.6 is 0 Å². The summed E-state index contributed by atoms with van der Waals surface area (Å²) in [5, 5.41) is 10.4. The number of nitriles is 1. The molecular weight excluding hydrogens is 308 g/mol. The molecule has 0 radical (unpaired) electrons. The highest BCUT2D eigenvalue weighted by Gasteiger charge is 2.14. The first-order valence-electron chi connectivity index (χ1n) is 8.66. The fraction of sp³-hybridized carbons (Fsp3) is 0.286. The predicted molar refractivity (Wildman–Crippen MR) is 105 cm³/mol. The van der Waals surface area contributed by atoms with Crippen LogP contribution in [0.15, 0.2) is 42.5 Å². The van der Waals surface area contributed by atoms with Gasteiger partial charge in [-0.2, -0.15) is 5.26 Å². The van der Waals surface area contributed by atoms with E-state index in [1.807, 2.05) is 32.3 Å². The molecule has 2 aromatic carbocycles. The van der Waals surface area contributed by atoms with Crippen molar-refractivity contribution >= 4 is 16.6 Å². The van der Waals surface area contributed by atoms with Gasteiger partial charge in [0.25, 0.3) is 0 Å². The molecule has 0 atom stereocenters. The maximum absolute atomic E-state index is 9.23. The quantitative estimate of drug-likeness (QED) is 0.669. The fourth-order valence-electron chi connectivity index (χ4n) is 3.20. The van der Waals surface area contributed by atoms with Crippen molar-refractivity contribution in [2.45, 2.75) is 19.3 Å². The molecule has 0 bridgehead atoms. The minimum absolute atomic E-state index is 0.695. The van der Waals surface area contributed by atoms with Gasteiger partial charge in [-0.1, -0.05) is 12.1 Å². The molecule has 1 aromatic heterocycles. The Hall–Kier alpha value is -2.77. The number of hydrogen-bond donors (Lipinski definition) is 2. The summed E-state index contributed by atoms with van der Waals surface area (Å²) in [5.74, 6) is 0. The highest BCUT2D eigenvalue weighted by molar-refractivity contribution is 5.91. The lowest BCUT2D eigenvalue weighted by molar-refractivity contribution is 0.748. The number of rotatable bonds is 6. The molecule has 4 heteroatoms. The summed E-state index contributed by atoms with van der Waals surface area (Å²) in [6, 6.07) is 16.7. The average molecular weight is 332 g/mol. The molecule has 1 heterocycles. The van der Waals surface area contributed by atoms with Crippen molar-refractivity contribution < 1.29 is 0 Å². The summed E-state index contributed by atoms with van der Waals surface area (Å²) < 4.78 is 0. The van der Waals surface area contributed by atoms with E-state index in [0.717, 1.165) is 35.9 Å². The molecule has 0 fully saturated rings. The summed E-state index contributed by atoms with van der Waals surface area (Å²) in [4.78, 5) is 5.65. The van der Waals surface area contributed by atoms with Gasteiger partial charge in [-0.25, -0.2) is 0 Å². The van der Waals surface area contributed by atoms with E-state index in [1.54, 1.807) is 0 Å². The molecule has 3 aromatic rings. The van der Waals surface area contributed by atoms with Crippen LogP contribution in [0, 0.1) is 11.3 Å². The minimum Gasteiger partial charge on any atom is -0.378 e. The van der Waals surface area contributed by atoms with Gasteiger partial charge in [0.2, 0.25) is 0 Å². The van der Waals surface area contributed by atoms with Gasteiger partial charge in [0.15, 0.2) is 0 Å². The Kier molecular flexibility index (Phi) is 5.06. The molecule has 0 aliphatic carbocycles. The van der Waals surface area contributed by atoms with E-state index in [4.69, 9.17) is 5.73 Å². The molecule has 3 rings (SSSR count). The Morgan fingerprint density at radius 2 is 1.84 bits per heavy atom. The summed E-state index contributed by atoms with van der Waals surface area (Å²) in [5.41, 5.74) is 12.2. The maximum Gasteiger partial charge on any atom is 0.0991 e. The van der Waals surface area contributed by atoms with Crippen LogP contribution in [-0.2, 0) is 6.42 Å². The Labute approximate surface area is 148 Å². The van der Waals surface area contributed by atoms with Crippen molar-refractivity contribution in [3.8, 4) is 17.3 Å². The lowest BCUT2D eigenvalue weighted by atomic mass is 9.99. The minimum atomic E-state index is 0.695. The SMILES string of the molecule is CN(C)c1ccc(-c2[nH]c3ccc(C#N)cc3c2CCCCN)cc1. The molecule has 0 amide bonds. The van der Waals surface area contributed by atoms with Crippen LogP contribution in [-0.4, -0.2) is 25.6 Å². The third-order valence-corrected chi connectivity index (χ3v) is 4.59. The molecule has 0 saturated carbocycles. The van der Waals surface area contributed by atoms with E-state index >= 15 is 0 Å². The van der Waals surface area contributed by atoms with Crippen LogP contribution in [0.5, 0.6) is 0 Å². The van der Waals surface area contributed by atoms with E-state index in [0.29, 0.717) is 12.1 Å². The Morgan fingerprint density at radius 3 is 2.48 bits per heavy atom. The van der Waals surface area contributed by atoms with Crippen molar-refractivity contribution in [1.29, 1.82) is 5.26 Å². The third kappa shape index (κ3) is 3.52. The molecule has 0 aliphatic heterocycles. The zero-order chi connectivity index (χ0) is 17.8. The van der Waals surface area contributed by atoms with Crippen LogP contribution in [0.2, 0.25) is 0 Å². The maximum atomic E-state index is 9.23. The predicted octanol–water partition coefficient (Wildman–Crippen LogP) is 4.05. The highest BCUT2D eigenvalue weighted by atomic mass is 15.1. The zero-order valence-electron chi connectivity index (χ0n) is 14.8. The summed E-state index contributed by atoms with van der Waals surface area (Å²) in [6.07, 6.45) is 3.00. The van der Waals surface area contributed by atoms with Crippen molar-refractivity contribution in [1.82, 2.24) is 4.98 Å². The van der Waals surface area contributed by atoms with Gasteiger partial charge in [-0.05, 0) is 67.3 Å². The lowest BCUT2D eigenvalue weighted by Crippen LogP contribution is -2.07. The second-order valence-corrected chi connectivity index (χ2v) is 6.54. The van der Waals surface area contributed by atoms with E-state index in [2.05, 4.69) is 40.2 Å². The molecular formula is C21H24N4. The van der Waals surface area contributed by atoms with Gasteiger partial charge >= 0.3 is 0 Å². The van der Waals surface area contributed by atoms with Crippen molar-refractivity contribution in [3.05, 3.63) is 53.6 Å². The second-order valence-electron chi connectivity index (χ2n) is 6.54. The Morgan fingerprint density at radius 1 is 1.08 bits per heavy atom. The number of unbranched alkanes of at least 4 members (excludes halogenated alkanes) is 1. The van der Waals surface area contributed by atoms with Gasteiger partial charge in [-0.15, -0.1) is 0 Å². The number of anilines is 1. The van der Waals surface area contributed by atoms with Gasteiger partial charge in [0.05, 0.1) is 11.6 Å². The number of H-pyrrole nitrogens is 1. The number of nitrogens with one attached hydrogen (secondary N) is 1. The Balaban J connectivity index is 2.09. The molecule has 0 spiro atoms. The molecule has 128 valence electrons. The number of fused-ring (bicyclic) bond motifs is 1. The van der Waals surface area contributed by atoms with Crippen molar-refractivity contribution in [2.75, 3.05) is 25.5 Å². The topological polar surface area (TPSA) is 68.8 Å². The number of benzene rings is 2. The van der Waals surface area contributed by atoms with E-state index in [-0.39, 0.29) is 0 Å². The van der Waals surface area contributed by atoms with Crippen molar-refractivity contribution in [3.63, 3.8) is 0 Å². The molecule has 4 nitrogen and oxygen atoms in total. The van der Waals surface area contributed by atoms with Gasteiger partial charge < -0.3 is 15.6 Å². The van der Waals surface area contributed by atoms with E-state index in [9.17, 15) is 5.26 Å². The van der Waals surface area contributed by atoms with E-state index < -0.39 is 0 Å². The monoisotopic (exact) mass is 332 g/mol. The van der Waals surface area contributed by atoms with Crippen molar-refractivity contribution in [2.24, 2.45) is 5.73 Å². The number of hydrogen-bond acceptors (Lipinski definition) is 3. The summed E-state index contributed by atoms with van der Waals surface area (Å²) in [7, 11) is 4.08. The molecule has 0 unspecified atom stereocenters. The first kappa shape index (κ1) is 17.1. The van der Waals surface area contributed by atoms with Crippen LogP contribution in [0.4, 0.5) is 5.69 Å². The number of aromatic amines is 1. The lowest BCUT2D eigenvalue weighted by Gasteiger charge is -2.13. The normalized spacial score (nSPS) is 10.8. The first-order chi connectivity index (χ1) is 12.1. The largest absolute Gasteiger partial charge is 0.378 e. The first-order valence-corrected chi connectivity index (χ1v) is 8.66. The second kappa shape index (κ2) is 7.42. The van der Waals surface area contributed by atoms with Crippen LogP contribution in [0.3, 0.4) is 0 Å². The summed E-state index contributed by atoms with van der Waals surface area (Å²) in [6.45, 7) is 0.707. The smallest absolute Gasteiger partial charge is 0.0991 e. The fourth-order valence-corrected chi connectivity index (χ4v) is 3.20. The average Bonchev–Trinajstić information content (AvgIpc) is 3.00. The molecule has 25 heavy (non-hydrogen) atoms. The highest BCUT2D eigenvalue weighted by Crippen LogP contribution is 2.33. The number of nitrogens with zero attached hydrogens (tertiary/aromatic N) is 2. The molecule has 0 aliphatic rings. The van der Waals surface area contributed by atoms with Gasteiger partial charge in [0, 0.05) is 36.4 Å². The van der Waals surface area contributed by atoms with Gasteiger partial charge in [0.1, 0.15) is 0 Å². The van der Waals surface area contributed by atoms with Crippen LogP contribution in [0.25, 0.3) is 22.2 Å². The molecule has 0 saturated heterocycles. The molecule has 3 N–H and O–H groups in total. The van der Waals surface area contributed by atoms with E-state index in [1.165, 1.54) is 16.8 Å². The number of nitrogens with two attached hydrogens (primary N) is 1. The number of aromatic nitrogens is 1.